The van der Waals surface area contributed by atoms with Crippen molar-refractivity contribution in [3.8, 4) is 5.75 Å². The number of amides is 2. The summed E-state index contributed by atoms with van der Waals surface area (Å²) in [6, 6.07) is 16.2. The summed E-state index contributed by atoms with van der Waals surface area (Å²) in [5.41, 5.74) is 4.01. The van der Waals surface area contributed by atoms with E-state index in [0.717, 1.165) is 24.8 Å². The van der Waals surface area contributed by atoms with Crippen LogP contribution in [0.25, 0.3) is 6.08 Å². The molecule has 0 spiro atoms. The van der Waals surface area contributed by atoms with Gasteiger partial charge in [0.25, 0.3) is 5.91 Å². The third-order valence-corrected chi connectivity index (χ3v) is 5.17. The van der Waals surface area contributed by atoms with E-state index in [1.807, 2.05) is 30.3 Å². The van der Waals surface area contributed by atoms with Crippen LogP contribution < -0.4 is 15.5 Å². The van der Waals surface area contributed by atoms with Crippen LogP contribution in [0.1, 0.15) is 69.4 Å². The Balaban J connectivity index is 1.61. The molecule has 7 nitrogen and oxygen atoms in total. The predicted octanol–water partition coefficient (Wildman–Crippen LogP) is 5.01. The molecule has 0 aliphatic carbocycles. The molecule has 0 saturated heterocycles. The Morgan fingerprint density at radius 2 is 1.51 bits per heavy atom. The number of carbonyl (C=O) groups excluding carboxylic acids is 3. The Labute approximate surface area is 207 Å². The van der Waals surface area contributed by atoms with Crippen molar-refractivity contribution in [2.24, 2.45) is 5.10 Å². The SMILES string of the molecule is CCCCCCCCCC(=O)NCC(=O)N/N=C/c1ccc(OC(=O)/C=C/c2ccccc2)cc1. The molecule has 2 N–H and O–H groups in total. The molecule has 2 aromatic carbocycles. The smallest absolute Gasteiger partial charge is 0.336 e. The molecule has 2 aromatic rings. The topological polar surface area (TPSA) is 96.9 Å². The highest BCUT2D eigenvalue weighted by Gasteiger charge is 2.05. The van der Waals surface area contributed by atoms with Crippen LogP contribution in [-0.2, 0) is 14.4 Å². The highest BCUT2D eigenvalue weighted by molar-refractivity contribution is 5.89. The van der Waals surface area contributed by atoms with Crippen molar-refractivity contribution in [2.45, 2.75) is 58.3 Å². The van der Waals surface area contributed by atoms with Gasteiger partial charge in [0.1, 0.15) is 5.75 Å². The number of hydrogen-bond donors (Lipinski definition) is 2. The van der Waals surface area contributed by atoms with Gasteiger partial charge in [0.05, 0.1) is 12.8 Å². The molecule has 35 heavy (non-hydrogen) atoms. The van der Waals surface area contributed by atoms with Crippen LogP contribution in [0.3, 0.4) is 0 Å². The van der Waals surface area contributed by atoms with E-state index in [1.165, 1.54) is 38.0 Å². The minimum Gasteiger partial charge on any atom is -0.423 e. The first-order valence-electron chi connectivity index (χ1n) is 12.2. The summed E-state index contributed by atoms with van der Waals surface area (Å²) in [6.45, 7) is 2.08. The molecular formula is C28H35N3O4. The molecule has 0 aliphatic rings. The largest absolute Gasteiger partial charge is 0.423 e. The second kappa shape index (κ2) is 16.8. The van der Waals surface area contributed by atoms with E-state index < -0.39 is 11.9 Å². The average molecular weight is 478 g/mol. The van der Waals surface area contributed by atoms with Crippen molar-refractivity contribution in [2.75, 3.05) is 6.54 Å². The fraction of sp³-hybridized carbons (Fsp3) is 0.357. The second-order valence-corrected chi connectivity index (χ2v) is 8.18. The van der Waals surface area contributed by atoms with Gasteiger partial charge in [-0.25, -0.2) is 10.2 Å². The lowest BCUT2D eigenvalue weighted by molar-refractivity contribution is -0.129. The van der Waals surface area contributed by atoms with Gasteiger partial charge < -0.3 is 10.1 Å². The van der Waals surface area contributed by atoms with Crippen LogP contribution in [0.15, 0.2) is 65.8 Å². The van der Waals surface area contributed by atoms with E-state index in [-0.39, 0.29) is 12.5 Å². The zero-order chi connectivity index (χ0) is 25.1. The average Bonchev–Trinajstić information content (AvgIpc) is 2.87. The van der Waals surface area contributed by atoms with Gasteiger partial charge in [-0.2, -0.15) is 5.10 Å². The minimum absolute atomic E-state index is 0.113. The monoisotopic (exact) mass is 477 g/mol. The molecule has 0 bridgehead atoms. The first-order valence-corrected chi connectivity index (χ1v) is 12.2. The molecule has 2 rings (SSSR count). The molecule has 0 atom stereocenters. The molecule has 0 radical (unpaired) electrons. The normalized spacial score (nSPS) is 11.0. The summed E-state index contributed by atoms with van der Waals surface area (Å²) in [4.78, 5) is 35.6. The second-order valence-electron chi connectivity index (χ2n) is 8.18. The lowest BCUT2D eigenvalue weighted by Gasteiger charge is -2.04. The summed E-state index contributed by atoms with van der Waals surface area (Å²) >= 11 is 0. The van der Waals surface area contributed by atoms with Gasteiger partial charge in [-0.15, -0.1) is 0 Å². The van der Waals surface area contributed by atoms with Gasteiger partial charge in [0.2, 0.25) is 5.91 Å². The number of carbonyl (C=O) groups is 3. The zero-order valence-electron chi connectivity index (χ0n) is 20.4. The van der Waals surface area contributed by atoms with Crippen LogP contribution >= 0.6 is 0 Å². The Bertz CT molecular complexity index is 969. The highest BCUT2D eigenvalue weighted by Crippen LogP contribution is 2.12. The van der Waals surface area contributed by atoms with Gasteiger partial charge in [-0.3, -0.25) is 9.59 Å². The van der Waals surface area contributed by atoms with Gasteiger partial charge in [-0.05, 0) is 47.9 Å². The molecule has 0 heterocycles. The van der Waals surface area contributed by atoms with Crippen molar-refractivity contribution < 1.29 is 19.1 Å². The first-order chi connectivity index (χ1) is 17.1. The predicted molar refractivity (Wildman–Crippen MR) is 139 cm³/mol. The molecule has 2 amide bonds. The molecule has 7 heteroatoms. The van der Waals surface area contributed by atoms with Crippen molar-refractivity contribution in [1.82, 2.24) is 10.7 Å². The number of esters is 1. The molecular weight excluding hydrogens is 442 g/mol. The molecule has 186 valence electrons. The maximum absolute atomic E-state index is 11.9. The Morgan fingerprint density at radius 3 is 2.23 bits per heavy atom. The van der Waals surface area contributed by atoms with Crippen LogP contribution in [-0.4, -0.2) is 30.5 Å². The van der Waals surface area contributed by atoms with E-state index in [9.17, 15) is 14.4 Å². The van der Waals surface area contributed by atoms with Crippen LogP contribution in [0.4, 0.5) is 0 Å². The van der Waals surface area contributed by atoms with Crippen LogP contribution in [0.2, 0.25) is 0 Å². The standard InChI is InChI=1S/C28H35N3O4/c1-2-3-4-5-6-7-11-14-26(32)29-22-27(33)31-30-21-24-15-18-25(19-16-24)35-28(34)20-17-23-12-9-8-10-13-23/h8-10,12-13,15-21H,2-7,11,14,22H2,1H3,(H,29,32)(H,31,33)/b20-17+,30-21+. The minimum atomic E-state index is -0.475. The summed E-state index contributed by atoms with van der Waals surface area (Å²) in [7, 11) is 0. The Kier molecular flexibility index (Phi) is 13.2. The van der Waals surface area contributed by atoms with E-state index in [1.54, 1.807) is 30.3 Å². The number of unbranched alkanes of at least 4 members (excludes halogenated alkanes) is 6. The summed E-state index contributed by atoms with van der Waals surface area (Å²) in [5.74, 6) is -0.597. The summed E-state index contributed by atoms with van der Waals surface area (Å²) in [6.07, 6.45) is 13.0. The number of benzene rings is 2. The number of ether oxygens (including phenoxy) is 1. The van der Waals surface area contributed by atoms with Crippen molar-refractivity contribution >= 4 is 30.1 Å². The number of rotatable bonds is 15. The summed E-state index contributed by atoms with van der Waals surface area (Å²) < 4.78 is 5.26. The number of hydrogen-bond acceptors (Lipinski definition) is 5. The van der Waals surface area contributed by atoms with Gasteiger partial charge in [0, 0.05) is 12.5 Å². The third-order valence-electron chi connectivity index (χ3n) is 5.17. The Hall–Kier alpha value is -3.74. The van der Waals surface area contributed by atoms with E-state index in [4.69, 9.17) is 4.74 Å². The zero-order valence-corrected chi connectivity index (χ0v) is 20.4. The molecule has 0 unspecified atom stereocenters. The molecule has 0 saturated carbocycles. The van der Waals surface area contributed by atoms with Gasteiger partial charge >= 0.3 is 5.97 Å². The number of hydrazone groups is 1. The number of nitrogens with zero attached hydrogens (tertiary/aromatic N) is 1. The van der Waals surface area contributed by atoms with E-state index >= 15 is 0 Å². The van der Waals surface area contributed by atoms with Crippen molar-refractivity contribution in [1.29, 1.82) is 0 Å². The van der Waals surface area contributed by atoms with Gasteiger partial charge in [-0.1, -0.05) is 75.8 Å². The van der Waals surface area contributed by atoms with E-state index in [0.29, 0.717) is 17.7 Å². The molecule has 0 fully saturated rings. The maximum Gasteiger partial charge on any atom is 0.336 e. The lowest BCUT2D eigenvalue weighted by Crippen LogP contribution is -2.34. The van der Waals surface area contributed by atoms with Crippen molar-refractivity contribution in [3.05, 3.63) is 71.8 Å². The van der Waals surface area contributed by atoms with Crippen LogP contribution in [0, 0.1) is 0 Å². The highest BCUT2D eigenvalue weighted by atomic mass is 16.5. The quantitative estimate of drug-likeness (QED) is 0.0941. The summed E-state index contributed by atoms with van der Waals surface area (Å²) in [5, 5.41) is 6.50. The lowest BCUT2D eigenvalue weighted by atomic mass is 10.1. The number of nitrogens with one attached hydrogen (secondary N) is 2. The Morgan fingerprint density at radius 1 is 0.829 bits per heavy atom. The van der Waals surface area contributed by atoms with Gasteiger partial charge in [0.15, 0.2) is 0 Å². The maximum atomic E-state index is 11.9. The third kappa shape index (κ3) is 12.9. The first kappa shape index (κ1) is 27.5. The fourth-order valence-corrected chi connectivity index (χ4v) is 3.23. The fourth-order valence-electron chi connectivity index (χ4n) is 3.23. The molecule has 0 aromatic heterocycles. The molecule has 0 aliphatic heterocycles. The van der Waals surface area contributed by atoms with E-state index in [2.05, 4.69) is 22.8 Å². The van der Waals surface area contributed by atoms with Crippen LogP contribution in [0.5, 0.6) is 5.75 Å². The van der Waals surface area contributed by atoms with Crippen molar-refractivity contribution in [3.63, 3.8) is 0 Å².